The number of carbonyl (C=O) groups is 2. The van der Waals surface area contributed by atoms with Crippen LogP contribution in [0.25, 0.3) is 0 Å². The molecule has 0 bridgehead atoms. The molecule has 2 aliphatic heterocycles. The normalized spacial score (nSPS) is 21.5. The van der Waals surface area contributed by atoms with E-state index in [1.165, 1.54) is 0 Å². The van der Waals surface area contributed by atoms with Crippen molar-refractivity contribution in [2.24, 2.45) is 0 Å². The molecule has 0 radical (unpaired) electrons. The third-order valence-electron chi connectivity index (χ3n) is 9.42. The highest BCUT2D eigenvalue weighted by atomic mass is 35.5. The van der Waals surface area contributed by atoms with E-state index in [9.17, 15) is 13.2 Å². The van der Waals surface area contributed by atoms with Crippen LogP contribution in [0.4, 0.5) is 0 Å². The quantitative estimate of drug-likeness (QED) is 0.190. The van der Waals surface area contributed by atoms with Gasteiger partial charge in [0.25, 0.3) is 5.91 Å². The number of methoxy groups -OCH3 is 1. The standard InChI is InChI=1S/C39H52Cl2N6O6S/c1-8-53-32-21-25(2)33(54(50,51)45-38(4,5)6)22-31(32)39(37(49)47-19-17-46(18-20-47)23-34(48)42-26(3)24-52-7)43-35(27-9-13-29(40)14-10-27)36(44-39)28-11-15-30(41)16-12-28/h9-16,21-22,26,35-36,43-45H,8,17-20,23-24H2,1-7H3,(H,42,48)/t26?,35-,36+,39?. The fourth-order valence-electron chi connectivity index (χ4n) is 7.10. The SMILES string of the molecule is CCOc1cc(C)c(S(=O)(=O)NC(C)(C)C)cc1C1(C(=O)N2CCN(CC(=O)NC(C)COC)CC2)N[C@H](c2ccc(Cl)cc2)[C@H](c2ccc(Cl)cc2)N1. The molecule has 0 spiro atoms. The molecule has 0 aromatic heterocycles. The lowest BCUT2D eigenvalue weighted by atomic mass is 9.95. The maximum atomic E-state index is 15.4. The Morgan fingerprint density at radius 3 is 1.96 bits per heavy atom. The van der Waals surface area contributed by atoms with Crippen LogP contribution in [0.3, 0.4) is 0 Å². The predicted octanol–water partition coefficient (Wildman–Crippen LogP) is 4.90. The van der Waals surface area contributed by atoms with Crippen LogP contribution in [-0.2, 0) is 30.0 Å². The van der Waals surface area contributed by atoms with Crippen LogP contribution in [0, 0.1) is 6.92 Å². The van der Waals surface area contributed by atoms with Gasteiger partial charge in [0.2, 0.25) is 15.9 Å². The van der Waals surface area contributed by atoms with Crippen molar-refractivity contribution in [3.05, 3.63) is 93.0 Å². The molecule has 12 nitrogen and oxygen atoms in total. The van der Waals surface area contributed by atoms with Crippen LogP contribution in [0.2, 0.25) is 10.0 Å². The summed E-state index contributed by atoms with van der Waals surface area (Å²) < 4.78 is 42.1. The Kier molecular flexibility index (Phi) is 13.4. The number of halogens is 2. The van der Waals surface area contributed by atoms with Gasteiger partial charge < -0.3 is 19.7 Å². The average Bonchev–Trinajstić information content (AvgIpc) is 3.49. The number of nitrogens with one attached hydrogen (secondary N) is 4. The Morgan fingerprint density at radius 1 is 0.944 bits per heavy atom. The number of rotatable bonds is 13. The van der Waals surface area contributed by atoms with Crippen LogP contribution >= 0.6 is 23.2 Å². The van der Waals surface area contributed by atoms with E-state index in [2.05, 4.69) is 20.7 Å². The van der Waals surface area contributed by atoms with E-state index in [-0.39, 0.29) is 35.9 Å². The van der Waals surface area contributed by atoms with Crippen LogP contribution < -0.4 is 25.4 Å². The van der Waals surface area contributed by atoms with E-state index in [0.29, 0.717) is 59.7 Å². The molecule has 4 atom stereocenters. The van der Waals surface area contributed by atoms with Gasteiger partial charge in [0.1, 0.15) is 5.75 Å². The second kappa shape index (κ2) is 17.3. The monoisotopic (exact) mass is 802 g/mol. The highest BCUT2D eigenvalue weighted by Crippen LogP contribution is 2.46. The molecule has 0 saturated carbocycles. The number of carbonyl (C=O) groups excluding carboxylic acids is 2. The molecular weight excluding hydrogens is 751 g/mol. The first-order chi connectivity index (χ1) is 25.5. The summed E-state index contributed by atoms with van der Waals surface area (Å²) in [7, 11) is -2.46. The number of nitrogens with zero attached hydrogens (tertiary/aromatic N) is 2. The van der Waals surface area contributed by atoms with Crippen LogP contribution in [-0.4, -0.2) is 94.7 Å². The fraction of sp³-hybridized carbons (Fsp3) is 0.487. The van der Waals surface area contributed by atoms with Crippen LogP contribution in [0.15, 0.2) is 65.6 Å². The Balaban J connectivity index is 1.62. The minimum Gasteiger partial charge on any atom is -0.493 e. The van der Waals surface area contributed by atoms with E-state index in [0.717, 1.165) is 11.1 Å². The largest absolute Gasteiger partial charge is 0.493 e. The van der Waals surface area contributed by atoms with Gasteiger partial charge in [-0.2, -0.15) is 0 Å². The number of amides is 2. The zero-order valence-electron chi connectivity index (χ0n) is 32.0. The fourth-order valence-corrected chi connectivity index (χ4v) is 9.02. The Bertz CT molecular complexity index is 1840. The molecule has 2 heterocycles. The number of hydrogen-bond acceptors (Lipinski definition) is 9. The molecule has 0 aliphatic carbocycles. The highest BCUT2D eigenvalue weighted by molar-refractivity contribution is 7.89. The molecular formula is C39H52Cl2N6O6S. The summed E-state index contributed by atoms with van der Waals surface area (Å²) in [6.45, 7) is 13.2. The predicted molar refractivity (Wildman–Crippen MR) is 211 cm³/mol. The van der Waals surface area contributed by atoms with Crippen molar-refractivity contribution in [3.63, 3.8) is 0 Å². The number of aryl methyl sites for hydroxylation is 1. The Hall–Kier alpha value is -3.27. The van der Waals surface area contributed by atoms with Crippen molar-refractivity contribution in [2.45, 2.75) is 75.8 Å². The summed E-state index contributed by atoms with van der Waals surface area (Å²) in [5.74, 6) is -0.0667. The van der Waals surface area contributed by atoms with E-state index >= 15 is 4.79 Å². The molecule has 15 heteroatoms. The molecule has 2 unspecified atom stereocenters. The summed E-state index contributed by atoms with van der Waals surface area (Å²) in [6.07, 6.45) is 0. The van der Waals surface area contributed by atoms with Crippen LogP contribution in [0.5, 0.6) is 5.75 Å². The summed E-state index contributed by atoms with van der Waals surface area (Å²) in [5, 5.41) is 11.4. The highest BCUT2D eigenvalue weighted by Gasteiger charge is 2.55. The van der Waals surface area contributed by atoms with Gasteiger partial charge >= 0.3 is 0 Å². The van der Waals surface area contributed by atoms with Crippen molar-refractivity contribution >= 4 is 45.0 Å². The first-order valence-corrected chi connectivity index (χ1v) is 20.4. The maximum Gasteiger partial charge on any atom is 0.262 e. The Morgan fingerprint density at radius 2 is 1.48 bits per heavy atom. The van der Waals surface area contributed by atoms with Gasteiger partial charge in [-0.05, 0) is 94.6 Å². The summed E-state index contributed by atoms with van der Waals surface area (Å²) in [6, 6.07) is 16.9. The number of benzene rings is 3. The second-order valence-electron chi connectivity index (χ2n) is 15.0. The number of sulfonamides is 1. The Labute approximate surface area is 329 Å². The van der Waals surface area contributed by atoms with Crippen molar-refractivity contribution in [1.82, 2.24) is 30.5 Å². The van der Waals surface area contributed by atoms with E-state index in [1.54, 1.807) is 76.1 Å². The van der Waals surface area contributed by atoms with Gasteiger partial charge in [0.05, 0.1) is 36.7 Å². The van der Waals surface area contributed by atoms with Crippen LogP contribution in [0.1, 0.15) is 69.0 Å². The smallest absolute Gasteiger partial charge is 0.262 e. The van der Waals surface area contributed by atoms with Gasteiger partial charge in [-0.25, -0.2) is 13.1 Å². The van der Waals surface area contributed by atoms with Gasteiger partial charge in [-0.15, -0.1) is 0 Å². The molecule has 54 heavy (non-hydrogen) atoms. The lowest BCUT2D eigenvalue weighted by Gasteiger charge is -2.40. The molecule has 2 fully saturated rings. The first-order valence-electron chi connectivity index (χ1n) is 18.1. The molecule has 294 valence electrons. The first kappa shape index (κ1) is 41.9. The van der Waals surface area contributed by atoms with Crippen molar-refractivity contribution in [2.75, 3.05) is 53.0 Å². The zero-order valence-corrected chi connectivity index (χ0v) is 34.3. The molecule has 2 saturated heterocycles. The van der Waals surface area contributed by atoms with E-state index < -0.39 is 33.3 Å². The van der Waals surface area contributed by atoms with Gasteiger partial charge in [0.15, 0.2) is 5.66 Å². The summed E-state index contributed by atoms with van der Waals surface area (Å²) >= 11 is 12.7. The van der Waals surface area contributed by atoms with Crippen molar-refractivity contribution in [3.8, 4) is 5.75 Å². The zero-order chi connectivity index (χ0) is 39.4. The van der Waals surface area contributed by atoms with Gasteiger partial charge in [-0.1, -0.05) is 47.5 Å². The van der Waals surface area contributed by atoms with Gasteiger partial charge in [0, 0.05) is 60.5 Å². The minimum atomic E-state index is -4.05. The molecule has 4 N–H and O–H groups in total. The summed E-state index contributed by atoms with van der Waals surface area (Å²) in [4.78, 5) is 32.0. The number of hydrogen-bond donors (Lipinski definition) is 4. The van der Waals surface area contributed by atoms with Gasteiger partial charge in [-0.3, -0.25) is 25.1 Å². The van der Waals surface area contributed by atoms with Crippen molar-refractivity contribution in [1.29, 1.82) is 0 Å². The minimum absolute atomic E-state index is 0.0307. The lowest BCUT2D eigenvalue weighted by Crippen LogP contribution is -2.62. The number of ether oxygens (including phenoxy) is 2. The molecule has 2 amide bonds. The molecule has 5 rings (SSSR count). The average molecular weight is 804 g/mol. The lowest BCUT2D eigenvalue weighted by molar-refractivity contribution is -0.141. The second-order valence-corrected chi connectivity index (χ2v) is 17.5. The molecule has 2 aliphatic rings. The van der Waals surface area contributed by atoms with E-state index in [4.69, 9.17) is 32.7 Å². The maximum absolute atomic E-state index is 15.4. The summed E-state index contributed by atoms with van der Waals surface area (Å²) in [5.41, 5.74) is 0.0701. The topological polar surface area (TPSA) is 141 Å². The van der Waals surface area contributed by atoms with Crippen molar-refractivity contribution < 1.29 is 27.5 Å². The third-order valence-corrected chi connectivity index (χ3v) is 11.8. The number of piperazine rings is 1. The third kappa shape index (κ3) is 9.75. The molecule has 3 aromatic rings. The van der Waals surface area contributed by atoms with E-state index in [1.807, 2.05) is 43.0 Å². The molecule has 3 aromatic carbocycles.